The number of benzene rings is 1. The predicted molar refractivity (Wildman–Crippen MR) is 80.9 cm³/mol. The number of nitrogens with two attached hydrogens (primary N) is 1. The maximum atomic E-state index is 13.4. The number of rotatable bonds is 2. The van der Waals surface area contributed by atoms with Crippen molar-refractivity contribution in [1.82, 2.24) is 4.90 Å². The van der Waals surface area contributed by atoms with E-state index < -0.39 is 5.82 Å². The standard InChI is InChI=1S/C14H18ClFN2O.ClH/c1-9(17)10-5-7-18(8-6-10)14(19)11-3-2-4-12(16)13(11)15;/h2-4,9-10H,5-8,17H2,1H3;1H. The highest BCUT2D eigenvalue weighted by molar-refractivity contribution is 6.34. The van der Waals surface area contributed by atoms with Gasteiger partial charge < -0.3 is 10.6 Å². The summed E-state index contributed by atoms with van der Waals surface area (Å²) in [5.74, 6) is -0.308. The van der Waals surface area contributed by atoms with E-state index in [9.17, 15) is 9.18 Å². The van der Waals surface area contributed by atoms with Crippen molar-refractivity contribution in [2.45, 2.75) is 25.8 Å². The maximum Gasteiger partial charge on any atom is 0.255 e. The monoisotopic (exact) mass is 320 g/mol. The second-order valence-electron chi connectivity index (χ2n) is 5.09. The van der Waals surface area contributed by atoms with Gasteiger partial charge >= 0.3 is 0 Å². The van der Waals surface area contributed by atoms with Gasteiger partial charge in [-0.2, -0.15) is 0 Å². The summed E-state index contributed by atoms with van der Waals surface area (Å²) in [6.07, 6.45) is 1.77. The Kier molecular flexibility index (Phi) is 6.24. The number of nitrogens with zero attached hydrogens (tertiary/aromatic N) is 1. The van der Waals surface area contributed by atoms with Gasteiger partial charge in [-0.05, 0) is 37.8 Å². The molecule has 1 fully saturated rings. The molecule has 0 aromatic heterocycles. The highest BCUT2D eigenvalue weighted by Crippen LogP contribution is 2.25. The van der Waals surface area contributed by atoms with E-state index in [1.807, 2.05) is 6.92 Å². The molecule has 6 heteroatoms. The summed E-state index contributed by atoms with van der Waals surface area (Å²) in [6, 6.07) is 4.46. The molecule has 1 amide bonds. The lowest BCUT2D eigenvalue weighted by atomic mass is 9.90. The van der Waals surface area contributed by atoms with Gasteiger partial charge in [0.05, 0.1) is 10.6 Å². The van der Waals surface area contributed by atoms with Gasteiger partial charge in [0, 0.05) is 19.1 Å². The largest absolute Gasteiger partial charge is 0.339 e. The van der Waals surface area contributed by atoms with Crippen molar-refractivity contribution in [1.29, 1.82) is 0 Å². The van der Waals surface area contributed by atoms with Crippen LogP contribution in [-0.4, -0.2) is 29.9 Å². The molecule has 1 aromatic rings. The van der Waals surface area contributed by atoms with Crippen molar-refractivity contribution in [3.8, 4) is 0 Å². The van der Waals surface area contributed by atoms with Gasteiger partial charge in [-0.25, -0.2) is 4.39 Å². The Labute approximate surface area is 129 Å². The number of amides is 1. The molecule has 112 valence electrons. The van der Waals surface area contributed by atoms with Gasteiger partial charge in [0.25, 0.3) is 5.91 Å². The average molecular weight is 321 g/mol. The lowest BCUT2D eigenvalue weighted by Gasteiger charge is -2.33. The van der Waals surface area contributed by atoms with Crippen LogP contribution in [0.25, 0.3) is 0 Å². The summed E-state index contributed by atoms with van der Waals surface area (Å²) in [7, 11) is 0. The van der Waals surface area contributed by atoms with E-state index in [1.165, 1.54) is 12.1 Å². The molecule has 2 rings (SSSR count). The third kappa shape index (κ3) is 3.62. The topological polar surface area (TPSA) is 46.3 Å². The fourth-order valence-electron chi connectivity index (χ4n) is 2.47. The Morgan fingerprint density at radius 1 is 1.45 bits per heavy atom. The molecule has 1 aromatic carbocycles. The van der Waals surface area contributed by atoms with Crippen LogP contribution in [0, 0.1) is 11.7 Å². The third-order valence-corrected chi connectivity index (χ3v) is 4.14. The first-order chi connectivity index (χ1) is 9.00. The van der Waals surface area contributed by atoms with Crippen LogP contribution in [0.15, 0.2) is 18.2 Å². The van der Waals surface area contributed by atoms with Crippen molar-refractivity contribution in [3.63, 3.8) is 0 Å². The minimum atomic E-state index is -0.557. The molecule has 0 bridgehead atoms. The lowest BCUT2D eigenvalue weighted by molar-refractivity contribution is 0.0680. The van der Waals surface area contributed by atoms with Crippen LogP contribution in [0.4, 0.5) is 4.39 Å². The van der Waals surface area contributed by atoms with E-state index >= 15 is 0 Å². The summed E-state index contributed by atoms with van der Waals surface area (Å²) in [4.78, 5) is 14.0. The van der Waals surface area contributed by atoms with Crippen molar-refractivity contribution in [3.05, 3.63) is 34.6 Å². The minimum Gasteiger partial charge on any atom is -0.339 e. The Morgan fingerprint density at radius 2 is 2.05 bits per heavy atom. The second-order valence-corrected chi connectivity index (χ2v) is 5.47. The lowest BCUT2D eigenvalue weighted by Crippen LogP contribution is -2.42. The van der Waals surface area contributed by atoms with E-state index in [0.717, 1.165) is 12.8 Å². The Hall–Kier alpha value is -0.840. The first-order valence-corrected chi connectivity index (χ1v) is 6.87. The van der Waals surface area contributed by atoms with Crippen LogP contribution < -0.4 is 5.73 Å². The van der Waals surface area contributed by atoms with Crippen molar-refractivity contribution >= 4 is 29.9 Å². The van der Waals surface area contributed by atoms with Crippen molar-refractivity contribution < 1.29 is 9.18 Å². The van der Waals surface area contributed by atoms with Gasteiger partial charge in [0.1, 0.15) is 5.82 Å². The van der Waals surface area contributed by atoms with Gasteiger partial charge in [-0.15, -0.1) is 12.4 Å². The van der Waals surface area contributed by atoms with Crippen LogP contribution in [0.3, 0.4) is 0 Å². The molecule has 1 atom stereocenters. The summed E-state index contributed by atoms with van der Waals surface area (Å²) >= 11 is 5.84. The van der Waals surface area contributed by atoms with E-state index in [2.05, 4.69) is 0 Å². The molecule has 1 heterocycles. The number of carbonyl (C=O) groups excluding carboxylic acids is 1. The number of likely N-dealkylation sites (tertiary alicyclic amines) is 1. The minimum absolute atomic E-state index is 0. The van der Waals surface area contributed by atoms with E-state index in [1.54, 1.807) is 11.0 Å². The van der Waals surface area contributed by atoms with E-state index in [0.29, 0.717) is 19.0 Å². The quantitative estimate of drug-likeness (QED) is 0.910. The number of hydrogen-bond donors (Lipinski definition) is 1. The molecule has 3 nitrogen and oxygen atoms in total. The summed E-state index contributed by atoms with van der Waals surface area (Å²) in [6.45, 7) is 3.29. The predicted octanol–water partition coefficient (Wildman–Crippen LogP) is 3.10. The van der Waals surface area contributed by atoms with Crippen LogP contribution in [-0.2, 0) is 0 Å². The van der Waals surface area contributed by atoms with Gasteiger partial charge in [0.15, 0.2) is 0 Å². The molecule has 1 unspecified atom stereocenters. The van der Waals surface area contributed by atoms with Crippen LogP contribution in [0.1, 0.15) is 30.1 Å². The number of halogens is 3. The van der Waals surface area contributed by atoms with Crippen molar-refractivity contribution in [2.75, 3.05) is 13.1 Å². The molecule has 0 radical (unpaired) electrons. The number of piperidine rings is 1. The number of hydrogen-bond acceptors (Lipinski definition) is 2. The zero-order chi connectivity index (χ0) is 14.0. The zero-order valence-corrected chi connectivity index (χ0v) is 12.9. The smallest absolute Gasteiger partial charge is 0.255 e. The number of carbonyl (C=O) groups is 1. The molecule has 1 aliphatic rings. The molecule has 0 aliphatic carbocycles. The SMILES string of the molecule is CC(N)C1CCN(C(=O)c2cccc(F)c2Cl)CC1.Cl. The van der Waals surface area contributed by atoms with Crippen LogP contribution >= 0.6 is 24.0 Å². The van der Waals surface area contributed by atoms with Crippen molar-refractivity contribution in [2.24, 2.45) is 11.7 Å². The summed E-state index contributed by atoms with van der Waals surface area (Å²) in [5.41, 5.74) is 6.11. The molecular formula is C14H19Cl2FN2O. The molecule has 0 spiro atoms. The van der Waals surface area contributed by atoms with Gasteiger partial charge in [-0.1, -0.05) is 17.7 Å². The molecule has 2 N–H and O–H groups in total. The van der Waals surface area contributed by atoms with E-state index in [-0.39, 0.29) is 34.9 Å². The maximum absolute atomic E-state index is 13.4. The van der Waals surface area contributed by atoms with E-state index in [4.69, 9.17) is 17.3 Å². The fourth-order valence-corrected chi connectivity index (χ4v) is 2.67. The first kappa shape index (κ1) is 17.2. The molecule has 0 saturated carbocycles. The Balaban J connectivity index is 0.00000200. The summed E-state index contributed by atoms with van der Waals surface area (Å²) in [5, 5.41) is -0.0955. The normalized spacial score (nSPS) is 17.5. The Morgan fingerprint density at radius 3 is 2.60 bits per heavy atom. The first-order valence-electron chi connectivity index (χ1n) is 6.49. The third-order valence-electron chi connectivity index (χ3n) is 3.75. The second kappa shape index (κ2) is 7.25. The molecule has 20 heavy (non-hydrogen) atoms. The fraction of sp³-hybridized carbons (Fsp3) is 0.500. The Bertz CT molecular complexity index is 474. The highest BCUT2D eigenvalue weighted by atomic mass is 35.5. The highest BCUT2D eigenvalue weighted by Gasteiger charge is 2.26. The zero-order valence-electron chi connectivity index (χ0n) is 11.3. The van der Waals surface area contributed by atoms with Gasteiger partial charge in [0.2, 0.25) is 0 Å². The summed E-state index contributed by atoms with van der Waals surface area (Å²) < 4.78 is 13.4. The molecule has 1 saturated heterocycles. The van der Waals surface area contributed by atoms with Gasteiger partial charge in [-0.3, -0.25) is 4.79 Å². The average Bonchev–Trinajstić information content (AvgIpc) is 2.41. The van der Waals surface area contributed by atoms with Crippen LogP contribution in [0.2, 0.25) is 5.02 Å². The van der Waals surface area contributed by atoms with Crippen LogP contribution in [0.5, 0.6) is 0 Å². The molecular weight excluding hydrogens is 302 g/mol. The molecule has 1 aliphatic heterocycles.